The number of alkyl halides is 3. The van der Waals surface area contributed by atoms with Crippen LogP contribution in [0, 0.1) is 5.82 Å². The van der Waals surface area contributed by atoms with Crippen LogP contribution in [-0.2, 0) is 21.1 Å². The molecule has 4 rings (SSSR count). The summed E-state index contributed by atoms with van der Waals surface area (Å²) in [6.07, 6.45) is -2.56. The number of hydrogen-bond donors (Lipinski definition) is 1. The van der Waals surface area contributed by atoms with Crippen molar-refractivity contribution >= 4 is 11.6 Å². The number of amides is 1. The van der Waals surface area contributed by atoms with Crippen LogP contribution in [0.2, 0.25) is 0 Å². The van der Waals surface area contributed by atoms with E-state index in [1.807, 2.05) is 4.90 Å². The first kappa shape index (κ1) is 25.4. The number of piperazine rings is 1. The lowest BCUT2D eigenvalue weighted by Gasteiger charge is -2.37. The third-order valence-corrected chi connectivity index (χ3v) is 7.01. The summed E-state index contributed by atoms with van der Waals surface area (Å²) in [5.74, 6) is -0.453. The average molecular weight is 494 g/mol. The smallest absolute Gasteiger partial charge is 0.381 e. The second-order valence-corrected chi connectivity index (χ2v) is 9.19. The van der Waals surface area contributed by atoms with Crippen molar-refractivity contribution in [2.24, 2.45) is 0 Å². The number of halogens is 4. The van der Waals surface area contributed by atoms with E-state index in [1.54, 1.807) is 18.2 Å². The molecule has 0 radical (unpaired) electrons. The molecule has 2 fully saturated rings. The van der Waals surface area contributed by atoms with Gasteiger partial charge >= 0.3 is 6.18 Å². The fourth-order valence-corrected chi connectivity index (χ4v) is 4.94. The van der Waals surface area contributed by atoms with Gasteiger partial charge in [0.15, 0.2) is 0 Å². The zero-order chi connectivity index (χ0) is 24.9. The third-order valence-electron chi connectivity index (χ3n) is 7.01. The van der Waals surface area contributed by atoms with E-state index in [2.05, 4.69) is 10.2 Å². The third kappa shape index (κ3) is 6.13. The van der Waals surface area contributed by atoms with Crippen molar-refractivity contribution in [1.29, 1.82) is 0 Å². The Morgan fingerprint density at radius 3 is 2.40 bits per heavy atom. The summed E-state index contributed by atoms with van der Waals surface area (Å²) in [5.41, 5.74) is -0.139. The molecule has 0 aliphatic carbocycles. The van der Waals surface area contributed by atoms with Gasteiger partial charge in [-0.1, -0.05) is 18.2 Å². The van der Waals surface area contributed by atoms with Crippen molar-refractivity contribution in [2.45, 2.75) is 30.9 Å². The Balaban J connectivity index is 1.25. The minimum atomic E-state index is -4.35. The van der Waals surface area contributed by atoms with E-state index in [0.717, 1.165) is 32.1 Å². The van der Waals surface area contributed by atoms with Crippen molar-refractivity contribution in [1.82, 2.24) is 10.2 Å². The maximum Gasteiger partial charge on any atom is 0.416 e. The highest BCUT2D eigenvalue weighted by atomic mass is 19.4. The number of hydrogen-bond acceptors (Lipinski definition) is 4. The van der Waals surface area contributed by atoms with Gasteiger partial charge in [0.25, 0.3) is 0 Å². The van der Waals surface area contributed by atoms with Crippen LogP contribution < -0.4 is 10.2 Å². The Labute approximate surface area is 203 Å². The van der Waals surface area contributed by atoms with E-state index in [-0.39, 0.29) is 11.7 Å². The molecule has 190 valence electrons. The maximum atomic E-state index is 13.9. The van der Waals surface area contributed by atoms with Crippen LogP contribution in [0.1, 0.15) is 30.4 Å². The van der Waals surface area contributed by atoms with Crippen molar-refractivity contribution < 1.29 is 27.1 Å². The van der Waals surface area contributed by atoms with Gasteiger partial charge < -0.3 is 15.0 Å². The fraction of sp³-hybridized carbons (Fsp3) is 0.500. The lowest BCUT2D eigenvalue weighted by Crippen LogP contribution is -2.49. The topological polar surface area (TPSA) is 44.8 Å². The summed E-state index contributed by atoms with van der Waals surface area (Å²) in [6, 6.07) is 11.7. The molecule has 2 saturated heterocycles. The SMILES string of the molecule is O=C(NCCCN1CCN(c2cccc(C(F)(F)F)c2)CC1)C1(c2cccc(F)c2)CCOCC1. The molecule has 2 aliphatic heterocycles. The molecule has 1 amide bonds. The Morgan fingerprint density at radius 1 is 1.00 bits per heavy atom. The summed E-state index contributed by atoms with van der Waals surface area (Å²) < 4.78 is 58.3. The lowest BCUT2D eigenvalue weighted by molar-refractivity contribution is -0.137. The van der Waals surface area contributed by atoms with Gasteiger partial charge in [-0.15, -0.1) is 0 Å². The van der Waals surface area contributed by atoms with Crippen LogP contribution in [0.15, 0.2) is 48.5 Å². The minimum Gasteiger partial charge on any atom is -0.381 e. The monoisotopic (exact) mass is 493 g/mol. The normalized spacial score (nSPS) is 18.9. The van der Waals surface area contributed by atoms with Gasteiger partial charge in [-0.2, -0.15) is 13.2 Å². The van der Waals surface area contributed by atoms with Crippen molar-refractivity contribution in [3.05, 3.63) is 65.5 Å². The standard InChI is InChI=1S/C26H31F4N3O2/c27-22-6-1-4-20(18-22)25(8-16-35-17-9-25)24(34)31-10-3-11-32-12-14-33(15-13-32)23-7-2-5-21(19-23)26(28,29)30/h1-2,4-7,18-19H,3,8-17H2,(H,31,34). The zero-order valence-corrected chi connectivity index (χ0v) is 19.6. The number of nitrogens with zero attached hydrogens (tertiary/aromatic N) is 2. The van der Waals surface area contributed by atoms with Crippen LogP contribution in [0.4, 0.5) is 23.2 Å². The predicted molar refractivity (Wildman–Crippen MR) is 126 cm³/mol. The van der Waals surface area contributed by atoms with Crippen LogP contribution in [-0.4, -0.2) is 63.3 Å². The molecule has 0 unspecified atom stereocenters. The molecule has 0 aromatic heterocycles. The Hall–Kier alpha value is -2.65. The second kappa shape index (κ2) is 11.0. The van der Waals surface area contributed by atoms with Crippen LogP contribution >= 0.6 is 0 Å². The van der Waals surface area contributed by atoms with E-state index in [4.69, 9.17) is 4.74 Å². The highest BCUT2D eigenvalue weighted by Crippen LogP contribution is 2.35. The molecule has 9 heteroatoms. The largest absolute Gasteiger partial charge is 0.416 e. The van der Waals surface area contributed by atoms with Crippen molar-refractivity contribution in [2.75, 3.05) is 57.4 Å². The van der Waals surface area contributed by atoms with Gasteiger partial charge in [0.2, 0.25) is 5.91 Å². The quantitative estimate of drug-likeness (QED) is 0.464. The van der Waals surface area contributed by atoms with E-state index in [1.165, 1.54) is 24.3 Å². The van der Waals surface area contributed by atoms with Crippen LogP contribution in [0.3, 0.4) is 0 Å². The van der Waals surface area contributed by atoms with Gasteiger partial charge in [0.1, 0.15) is 5.82 Å². The number of nitrogens with one attached hydrogen (secondary N) is 1. The molecule has 0 spiro atoms. The summed E-state index contributed by atoms with van der Waals surface area (Å²) in [5, 5.41) is 3.05. The lowest BCUT2D eigenvalue weighted by atomic mass is 9.73. The molecular formula is C26H31F4N3O2. The zero-order valence-electron chi connectivity index (χ0n) is 19.6. The number of anilines is 1. The number of carbonyl (C=O) groups excluding carboxylic acids is 1. The molecule has 2 aromatic carbocycles. The van der Waals surface area contributed by atoms with Crippen molar-refractivity contribution in [3.63, 3.8) is 0 Å². The Bertz CT molecular complexity index is 1000. The average Bonchev–Trinajstić information content (AvgIpc) is 2.87. The molecule has 1 N–H and O–H groups in total. The van der Waals surface area contributed by atoms with Crippen LogP contribution in [0.25, 0.3) is 0 Å². The molecule has 0 bridgehead atoms. The van der Waals surface area contributed by atoms with Gasteiger partial charge in [-0.25, -0.2) is 4.39 Å². The highest BCUT2D eigenvalue weighted by Gasteiger charge is 2.41. The van der Waals surface area contributed by atoms with E-state index in [9.17, 15) is 22.4 Å². The summed E-state index contributed by atoms with van der Waals surface area (Å²) in [4.78, 5) is 17.4. The maximum absolute atomic E-state index is 13.9. The van der Waals surface area contributed by atoms with Crippen molar-refractivity contribution in [3.8, 4) is 0 Å². The Kier molecular flexibility index (Phi) is 7.96. The first-order valence-corrected chi connectivity index (χ1v) is 12.0. The highest BCUT2D eigenvalue weighted by molar-refractivity contribution is 5.88. The molecule has 2 aliphatic rings. The van der Waals surface area contributed by atoms with E-state index < -0.39 is 17.2 Å². The molecular weight excluding hydrogens is 462 g/mol. The molecule has 5 nitrogen and oxygen atoms in total. The number of carbonyl (C=O) groups is 1. The number of rotatable bonds is 7. The number of benzene rings is 2. The molecule has 2 heterocycles. The molecule has 0 atom stereocenters. The summed E-state index contributed by atoms with van der Waals surface area (Å²) in [7, 11) is 0. The van der Waals surface area contributed by atoms with Gasteiger partial charge in [-0.05, 0) is 61.7 Å². The summed E-state index contributed by atoms with van der Waals surface area (Å²) >= 11 is 0. The summed E-state index contributed by atoms with van der Waals surface area (Å²) in [6.45, 7) is 4.99. The first-order valence-electron chi connectivity index (χ1n) is 12.0. The number of ether oxygens (including phenoxy) is 1. The predicted octanol–water partition coefficient (Wildman–Crippen LogP) is 4.22. The molecule has 35 heavy (non-hydrogen) atoms. The van der Waals surface area contributed by atoms with Gasteiger partial charge in [0.05, 0.1) is 11.0 Å². The minimum absolute atomic E-state index is 0.0965. The first-order chi connectivity index (χ1) is 16.8. The second-order valence-electron chi connectivity index (χ2n) is 9.19. The fourth-order valence-electron chi connectivity index (χ4n) is 4.94. The Morgan fingerprint density at radius 2 is 1.71 bits per heavy atom. The van der Waals surface area contributed by atoms with E-state index in [0.29, 0.717) is 56.9 Å². The van der Waals surface area contributed by atoms with Gasteiger partial charge in [-0.3, -0.25) is 9.69 Å². The van der Waals surface area contributed by atoms with Gasteiger partial charge in [0, 0.05) is 51.6 Å². The van der Waals surface area contributed by atoms with Crippen LogP contribution in [0.5, 0.6) is 0 Å². The molecule has 2 aromatic rings. The molecule has 0 saturated carbocycles. The van der Waals surface area contributed by atoms with E-state index >= 15 is 0 Å².